The first kappa shape index (κ1) is 17.6. The van der Waals surface area contributed by atoms with Crippen LogP contribution >= 0.6 is 0 Å². The number of aromatic nitrogens is 1. The zero-order chi connectivity index (χ0) is 17.8. The summed E-state index contributed by atoms with van der Waals surface area (Å²) < 4.78 is 0. The molecule has 0 spiro atoms. The number of nitro groups is 1. The van der Waals surface area contributed by atoms with Crippen LogP contribution in [0.1, 0.15) is 19.3 Å². The number of piperidine rings is 1. The molecule has 134 valence electrons. The molecule has 0 amide bonds. The van der Waals surface area contributed by atoms with Gasteiger partial charge in [-0.1, -0.05) is 0 Å². The number of nitrogens with zero attached hydrogens (tertiary/aromatic N) is 4. The summed E-state index contributed by atoms with van der Waals surface area (Å²) in [6.45, 7) is 3.05. The summed E-state index contributed by atoms with van der Waals surface area (Å²) in [6.07, 6.45) is 2.96. The van der Waals surface area contributed by atoms with Crippen molar-refractivity contribution in [2.75, 3.05) is 38.2 Å². The highest BCUT2D eigenvalue weighted by Gasteiger charge is 2.23. The summed E-state index contributed by atoms with van der Waals surface area (Å²) in [5, 5.41) is 20.6. The van der Waals surface area contributed by atoms with Gasteiger partial charge >= 0.3 is 0 Å². The third-order valence-corrected chi connectivity index (χ3v) is 4.95. The molecule has 1 aromatic carbocycles. The van der Waals surface area contributed by atoms with Gasteiger partial charge in [-0.3, -0.25) is 10.1 Å². The molecule has 2 aromatic rings. The average molecular weight is 344 g/mol. The summed E-state index contributed by atoms with van der Waals surface area (Å²) in [5.41, 5.74) is 0.874. The summed E-state index contributed by atoms with van der Waals surface area (Å²) in [4.78, 5) is 19.8. The zero-order valence-corrected chi connectivity index (χ0v) is 14.5. The molecular formula is C18H24N4O3. The number of hydrogen-bond acceptors (Lipinski definition) is 6. The van der Waals surface area contributed by atoms with Gasteiger partial charge in [-0.25, -0.2) is 4.98 Å². The van der Waals surface area contributed by atoms with E-state index in [9.17, 15) is 10.1 Å². The molecule has 0 atom stereocenters. The summed E-state index contributed by atoms with van der Waals surface area (Å²) in [7, 11) is 2.12. The maximum atomic E-state index is 10.9. The van der Waals surface area contributed by atoms with E-state index in [0.717, 1.165) is 55.6 Å². The lowest BCUT2D eigenvalue weighted by atomic mass is 10.0. The molecule has 1 N–H and O–H groups in total. The second-order valence-electron chi connectivity index (χ2n) is 6.58. The van der Waals surface area contributed by atoms with Gasteiger partial charge in [0.05, 0.1) is 10.4 Å². The molecule has 1 aliphatic rings. The number of non-ortho nitro benzene ring substituents is 1. The summed E-state index contributed by atoms with van der Waals surface area (Å²) in [6, 6.07) is 9.18. The topological polar surface area (TPSA) is 82.7 Å². The molecule has 7 heteroatoms. The van der Waals surface area contributed by atoms with Crippen molar-refractivity contribution >= 4 is 22.4 Å². The maximum Gasteiger partial charge on any atom is 0.270 e. The van der Waals surface area contributed by atoms with Crippen molar-refractivity contribution in [3.05, 3.63) is 40.4 Å². The van der Waals surface area contributed by atoms with E-state index in [0.29, 0.717) is 6.04 Å². The number of pyridine rings is 1. The Morgan fingerprint density at radius 1 is 1.32 bits per heavy atom. The minimum Gasteiger partial charge on any atom is -0.396 e. The highest BCUT2D eigenvalue weighted by molar-refractivity contribution is 5.82. The van der Waals surface area contributed by atoms with Crippen LogP contribution in [0, 0.1) is 10.1 Å². The van der Waals surface area contributed by atoms with Crippen molar-refractivity contribution in [1.82, 2.24) is 9.88 Å². The molecule has 3 rings (SSSR count). The highest BCUT2D eigenvalue weighted by atomic mass is 16.6. The molecule has 0 aliphatic carbocycles. The van der Waals surface area contributed by atoms with E-state index in [2.05, 4.69) is 21.8 Å². The maximum absolute atomic E-state index is 10.9. The Labute approximate surface area is 147 Å². The van der Waals surface area contributed by atoms with Crippen molar-refractivity contribution in [2.24, 2.45) is 0 Å². The van der Waals surface area contributed by atoms with Crippen LogP contribution in [0.4, 0.5) is 11.5 Å². The van der Waals surface area contributed by atoms with Crippen molar-refractivity contribution in [3.63, 3.8) is 0 Å². The van der Waals surface area contributed by atoms with Gasteiger partial charge in [0.1, 0.15) is 5.82 Å². The Bertz CT molecular complexity index is 744. The Hall–Kier alpha value is -2.25. The van der Waals surface area contributed by atoms with Crippen LogP contribution in [0.2, 0.25) is 0 Å². The molecule has 0 unspecified atom stereocenters. The lowest BCUT2D eigenvalue weighted by Gasteiger charge is -2.37. The molecule has 0 radical (unpaired) electrons. The molecule has 1 saturated heterocycles. The van der Waals surface area contributed by atoms with E-state index in [1.165, 1.54) is 6.07 Å². The lowest BCUT2D eigenvalue weighted by molar-refractivity contribution is -0.384. The fourth-order valence-corrected chi connectivity index (χ4v) is 3.43. The highest BCUT2D eigenvalue weighted by Crippen LogP contribution is 2.25. The second-order valence-corrected chi connectivity index (χ2v) is 6.58. The molecule has 0 saturated carbocycles. The molecule has 7 nitrogen and oxygen atoms in total. The SMILES string of the molecule is CN(CCCO)C1CCN(c2ccc3cc([N+](=O)[O-])ccc3n2)CC1. The first-order valence-electron chi connectivity index (χ1n) is 8.70. The largest absolute Gasteiger partial charge is 0.396 e. The van der Waals surface area contributed by atoms with Crippen LogP contribution in [0.3, 0.4) is 0 Å². The predicted molar refractivity (Wildman–Crippen MR) is 98.0 cm³/mol. The Balaban J connectivity index is 1.67. The third kappa shape index (κ3) is 4.05. The molecule has 0 bridgehead atoms. The number of rotatable bonds is 6. The number of aliphatic hydroxyl groups excluding tert-OH is 1. The Morgan fingerprint density at radius 2 is 2.08 bits per heavy atom. The minimum absolute atomic E-state index is 0.0915. The van der Waals surface area contributed by atoms with Crippen LogP contribution < -0.4 is 4.90 Å². The van der Waals surface area contributed by atoms with Crippen LogP contribution in [-0.4, -0.2) is 59.2 Å². The number of aliphatic hydroxyl groups is 1. The van der Waals surface area contributed by atoms with E-state index in [4.69, 9.17) is 5.11 Å². The molecule has 1 aromatic heterocycles. The van der Waals surface area contributed by atoms with Gasteiger partial charge in [-0.2, -0.15) is 0 Å². The zero-order valence-electron chi connectivity index (χ0n) is 14.5. The minimum atomic E-state index is -0.384. The fraction of sp³-hybridized carbons (Fsp3) is 0.500. The summed E-state index contributed by atoms with van der Waals surface area (Å²) >= 11 is 0. The van der Waals surface area contributed by atoms with Gasteiger partial charge in [-0.05, 0) is 44.5 Å². The lowest BCUT2D eigenvalue weighted by Crippen LogP contribution is -2.44. The quantitative estimate of drug-likeness (QED) is 0.640. The van der Waals surface area contributed by atoms with Crippen LogP contribution in [0.25, 0.3) is 10.9 Å². The van der Waals surface area contributed by atoms with Crippen molar-refractivity contribution in [2.45, 2.75) is 25.3 Å². The first-order valence-corrected chi connectivity index (χ1v) is 8.70. The van der Waals surface area contributed by atoms with Gasteiger partial charge in [0.2, 0.25) is 0 Å². The van der Waals surface area contributed by atoms with E-state index >= 15 is 0 Å². The normalized spacial score (nSPS) is 15.9. The van der Waals surface area contributed by atoms with Crippen molar-refractivity contribution in [3.8, 4) is 0 Å². The van der Waals surface area contributed by atoms with E-state index in [1.54, 1.807) is 12.1 Å². The molecule has 2 heterocycles. The summed E-state index contributed by atoms with van der Waals surface area (Å²) in [5.74, 6) is 0.929. The Morgan fingerprint density at radius 3 is 2.76 bits per heavy atom. The van der Waals surface area contributed by atoms with Crippen LogP contribution in [-0.2, 0) is 0 Å². The average Bonchev–Trinajstić information content (AvgIpc) is 2.65. The van der Waals surface area contributed by atoms with E-state index in [1.807, 2.05) is 12.1 Å². The van der Waals surface area contributed by atoms with Gasteiger partial charge in [0.15, 0.2) is 0 Å². The van der Waals surface area contributed by atoms with E-state index < -0.39 is 0 Å². The predicted octanol–water partition coefficient (Wildman–Crippen LogP) is 2.43. The molecule has 1 fully saturated rings. The monoisotopic (exact) mass is 344 g/mol. The van der Waals surface area contributed by atoms with Gasteiger partial charge in [0.25, 0.3) is 5.69 Å². The van der Waals surface area contributed by atoms with E-state index in [-0.39, 0.29) is 17.2 Å². The molecule has 1 aliphatic heterocycles. The molecular weight excluding hydrogens is 320 g/mol. The number of fused-ring (bicyclic) bond motifs is 1. The molecule has 25 heavy (non-hydrogen) atoms. The number of benzene rings is 1. The van der Waals surface area contributed by atoms with Gasteiger partial charge in [-0.15, -0.1) is 0 Å². The number of hydrogen-bond donors (Lipinski definition) is 1. The van der Waals surface area contributed by atoms with Crippen LogP contribution in [0.15, 0.2) is 30.3 Å². The first-order chi connectivity index (χ1) is 12.1. The Kier molecular flexibility index (Phi) is 5.45. The van der Waals surface area contributed by atoms with Gasteiger partial charge in [0, 0.05) is 49.8 Å². The standard InChI is InChI=1S/C18H24N4O3/c1-20(9-2-12-23)15-7-10-21(11-8-15)18-6-3-14-13-16(22(24)25)4-5-17(14)19-18/h3-6,13,15,23H,2,7-12H2,1H3. The second kappa shape index (κ2) is 7.76. The fourth-order valence-electron chi connectivity index (χ4n) is 3.43. The number of nitro benzene ring substituents is 1. The number of anilines is 1. The smallest absolute Gasteiger partial charge is 0.270 e. The van der Waals surface area contributed by atoms with Gasteiger partial charge < -0.3 is 14.9 Å². The van der Waals surface area contributed by atoms with Crippen LogP contribution in [0.5, 0.6) is 0 Å². The third-order valence-electron chi connectivity index (χ3n) is 4.95. The van der Waals surface area contributed by atoms with Crippen molar-refractivity contribution < 1.29 is 10.0 Å². The van der Waals surface area contributed by atoms with Crippen molar-refractivity contribution in [1.29, 1.82) is 0 Å².